The van der Waals surface area contributed by atoms with E-state index in [0.717, 1.165) is 11.0 Å². The number of rotatable bonds is 6. The molecule has 0 aliphatic carbocycles. The Morgan fingerprint density at radius 3 is 2.66 bits per heavy atom. The number of nitrogens with one attached hydrogen (secondary N) is 2. The van der Waals surface area contributed by atoms with Gasteiger partial charge in [-0.15, -0.1) is 0 Å². The molecule has 2 N–H and O–H groups in total. The number of nitro benzene ring substituents is 1. The number of hydrogen-bond donors (Lipinski definition) is 2. The van der Waals surface area contributed by atoms with Gasteiger partial charge in [-0.2, -0.15) is 0 Å². The van der Waals surface area contributed by atoms with Crippen LogP contribution in [-0.4, -0.2) is 27.0 Å². The minimum absolute atomic E-state index is 0.0454. The number of fused-ring (bicyclic) bond motifs is 3. The molecule has 0 spiro atoms. The molecule has 1 aliphatic heterocycles. The maximum absolute atomic E-state index is 13.7. The number of benzene rings is 3. The molecule has 0 bridgehead atoms. The van der Waals surface area contributed by atoms with Gasteiger partial charge in [0.2, 0.25) is 5.95 Å². The molecule has 3 aromatic carbocycles. The van der Waals surface area contributed by atoms with Crippen LogP contribution in [0.25, 0.3) is 11.0 Å². The second-order valence-corrected chi connectivity index (χ2v) is 8.12. The summed E-state index contributed by atoms with van der Waals surface area (Å²) in [6.45, 7) is 4.26. The number of carbonyl (C=O) groups excluding carboxylic acids is 1. The number of allylic oxidation sites excluding steroid dienone is 1. The van der Waals surface area contributed by atoms with Crippen molar-refractivity contribution in [3.63, 3.8) is 0 Å². The van der Waals surface area contributed by atoms with Crippen LogP contribution in [0.3, 0.4) is 0 Å². The summed E-state index contributed by atoms with van der Waals surface area (Å²) in [5.41, 5.74) is 3.80. The van der Waals surface area contributed by atoms with Gasteiger partial charge in [0.15, 0.2) is 0 Å². The van der Waals surface area contributed by atoms with Crippen LogP contribution >= 0.6 is 0 Å². The minimum atomic E-state index is -0.624. The van der Waals surface area contributed by atoms with Gasteiger partial charge in [-0.05, 0) is 55.8 Å². The zero-order valence-electron chi connectivity index (χ0n) is 19.2. The van der Waals surface area contributed by atoms with E-state index in [2.05, 4.69) is 15.6 Å². The molecule has 35 heavy (non-hydrogen) atoms. The first kappa shape index (κ1) is 22.1. The zero-order chi connectivity index (χ0) is 24.5. The Morgan fingerprint density at radius 1 is 1.14 bits per heavy atom. The maximum atomic E-state index is 13.7. The predicted molar refractivity (Wildman–Crippen MR) is 134 cm³/mol. The number of nitrogens with zero attached hydrogens (tertiary/aromatic N) is 3. The molecule has 9 heteroatoms. The number of anilines is 2. The number of ether oxygens (including phenoxy) is 1. The largest absolute Gasteiger partial charge is 0.494 e. The summed E-state index contributed by atoms with van der Waals surface area (Å²) >= 11 is 0. The first-order chi connectivity index (χ1) is 17.0. The van der Waals surface area contributed by atoms with Gasteiger partial charge < -0.3 is 15.4 Å². The molecule has 2 heterocycles. The highest BCUT2D eigenvalue weighted by atomic mass is 16.6. The van der Waals surface area contributed by atoms with E-state index in [4.69, 9.17) is 4.74 Å². The first-order valence-electron chi connectivity index (χ1n) is 11.2. The van der Waals surface area contributed by atoms with E-state index in [9.17, 15) is 14.9 Å². The average Bonchev–Trinajstić information content (AvgIpc) is 3.22. The Labute approximate surface area is 201 Å². The third kappa shape index (κ3) is 4.08. The molecule has 0 saturated carbocycles. The van der Waals surface area contributed by atoms with Crippen molar-refractivity contribution in [3.05, 3.63) is 99.7 Å². The van der Waals surface area contributed by atoms with E-state index in [1.807, 2.05) is 35.8 Å². The van der Waals surface area contributed by atoms with Crippen LogP contribution in [0.15, 0.2) is 84.1 Å². The Morgan fingerprint density at radius 2 is 1.91 bits per heavy atom. The van der Waals surface area contributed by atoms with Crippen LogP contribution in [0.4, 0.5) is 17.3 Å². The fraction of sp³-hybridized carbons (Fsp3) is 0.154. The van der Waals surface area contributed by atoms with Crippen LogP contribution in [0.2, 0.25) is 0 Å². The number of imidazole rings is 1. The topological polar surface area (TPSA) is 111 Å². The molecule has 9 nitrogen and oxygen atoms in total. The number of aromatic nitrogens is 2. The highest BCUT2D eigenvalue weighted by molar-refractivity contribution is 6.06. The third-order valence-corrected chi connectivity index (χ3v) is 5.90. The van der Waals surface area contributed by atoms with E-state index in [1.165, 1.54) is 12.1 Å². The summed E-state index contributed by atoms with van der Waals surface area (Å²) in [5.74, 6) is 0.959. The van der Waals surface area contributed by atoms with Crippen molar-refractivity contribution in [1.29, 1.82) is 0 Å². The molecule has 0 radical (unpaired) electrons. The quantitative estimate of drug-likeness (QED) is 0.294. The minimum Gasteiger partial charge on any atom is -0.494 e. The monoisotopic (exact) mass is 469 g/mol. The van der Waals surface area contributed by atoms with Gasteiger partial charge >= 0.3 is 0 Å². The SMILES string of the molecule is CCOc1ccc(NC(=O)C2=C(C)Nc3nc4ccccc4n3[C@H]2c2cccc([N+](=O)[O-])c2)cc1. The molecule has 1 amide bonds. The number of para-hydroxylation sites is 2. The van der Waals surface area contributed by atoms with Crippen LogP contribution < -0.4 is 15.4 Å². The number of hydrogen-bond acceptors (Lipinski definition) is 6. The lowest BCUT2D eigenvalue weighted by Crippen LogP contribution is -2.31. The summed E-state index contributed by atoms with van der Waals surface area (Å²) < 4.78 is 7.39. The smallest absolute Gasteiger partial charge is 0.269 e. The summed E-state index contributed by atoms with van der Waals surface area (Å²) in [4.78, 5) is 29.4. The zero-order valence-corrected chi connectivity index (χ0v) is 19.2. The van der Waals surface area contributed by atoms with Crippen molar-refractivity contribution in [2.45, 2.75) is 19.9 Å². The van der Waals surface area contributed by atoms with E-state index < -0.39 is 11.0 Å². The first-order valence-corrected chi connectivity index (χ1v) is 11.2. The molecule has 0 saturated heterocycles. The third-order valence-electron chi connectivity index (χ3n) is 5.90. The Hall–Kier alpha value is -4.66. The summed E-state index contributed by atoms with van der Waals surface area (Å²) in [7, 11) is 0. The number of non-ortho nitro benzene ring substituents is 1. The normalized spacial score (nSPS) is 14.9. The number of nitro groups is 1. The fourth-order valence-corrected chi connectivity index (χ4v) is 4.38. The van der Waals surface area contributed by atoms with Crippen LogP contribution in [0.1, 0.15) is 25.5 Å². The molecule has 5 rings (SSSR count). The summed E-state index contributed by atoms with van der Waals surface area (Å²) in [5, 5.41) is 17.7. The van der Waals surface area contributed by atoms with Gasteiger partial charge in [0.05, 0.1) is 34.2 Å². The molecule has 176 valence electrons. The molecule has 4 aromatic rings. The molecule has 1 atom stereocenters. The average molecular weight is 470 g/mol. The molecular formula is C26H23N5O4. The van der Waals surface area contributed by atoms with Crippen LogP contribution in [0, 0.1) is 10.1 Å². The number of carbonyl (C=O) groups is 1. The van der Waals surface area contributed by atoms with E-state index in [0.29, 0.717) is 40.8 Å². The Balaban J connectivity index is 1.61. The summed E-state index contributed by atoms with van der Waals surface area (Å²) in [6, 6.07) is 20.5. The van der Waals surface area contributed by atoms with Crippen molar-refractivity contribution in [3.8, 4) is 5.75 Å². The fourth-order valence-electron chi connectivity index (χ4n) is 4.38. The van der Waals surface area contributed by atoms with Gasteiger partial charge in [-0.25, -0.2) is 4.98 Å². The van der Waals surface area contributed by atoms with Gasteiger partial charge in [0, 0.05) is 23.5 Å². The van der Waals surface area contributed by atoms with Crippen molar-refractivity contribution in [2.24, 2.45) is 0 Å². The van der Waals surface area contributed by atoms with Gasteiger partial charge in [0.25, 0.3) is 11.6 Å². The lowest BCUT2D eigenvalue weighted by Gasteiger charge is -2.30. The van der Waals surface area contributed by atoms with Crippen LogP contribution in [0.5, 0.6) is 5.75 Å². The number of amides is 1. The maximum Gasteiger partial charge on any atom is 0.269 e. The lowest BCUT2D eigenvalue weighted by atomic mass is 9.94. The standard InChI is InChI=1S/C26H23N5O4/c1-3-35-20-13-11-18(12-14-20)28-25(32)23-16(2)27-26-29-21-9-4-5-10-22(21)30(26)24(23)17-7-6-8-19(15-17)31(33)34/h4-15,24H,3H2,1-2H3,(H,27,29)(H,28,32)/t24-/m0/s1. The van der Waals surface area contributed by atoms with Crippen molar-refractivity contribution >= 4 is 34.3 Å². The van der Waals surface area contributed by atoms with E-state index >= 15 is 0 Å². The molecular weight excluding hydrogens is 446 g/mol. The van der Waals surface area contributed by atoms with Crippen LogP contribution in [-0.2, 0) is 4.79 Å². The lowest BCUT2D eigenvalue weighted by molar-refractivity contribution is -0.384. The molecule has 0 unspecified atom stereocenters. The van der Waals surface area contributed by atoms with E-state index in [1.54, 1.807) is 43.3 Å². The molecule has 1 aliphatic rings. The van der Waals surface area contributed by atoms with Gasteiger partial charge in [0.1, 0.15) is 5.75 Å². The van der Waals surface area contributed by atoms with E-state index in [-0.39, 0.29) is 11.6 Å². The Bertz CT molecular complexity index is 1470. The van der Waals surface area contributed by atoms with Crippen molar-refractivity contribution < 1.29 is 14.5 Å². The van der Waals surface area contributed by atoms with Gasteiger partial charge in [-0.1, -0.05) is 24.3 Å². The highest BCUT2D eigenvalue weighted by Gasteiger charge is 2.34. The molecule has 0 fully saturated rings. The molecule has 1 aromatic heterocycles. The highest BCUT2D eigenvalue weighted by Crippen LogP contribution is 2.40. The second-order valence-electron chi connectivity index (χ2n) is 8.12. The second kappa shape index (κ2) is 8.94. The van der Waals surface area contributed by atoms with Crippen molar-refractivity contribution in [1.82, 2.24) is 9.55 Å². The predicted octanol–water partition coefficient (Wildman–Crippen LogP) is 5.27. The van der Waals surface area contributed by atoms with Gasteiger partial charge in [-0.3, -0.25) is 19.5 Å². The Kier molecular flexibility index (Phi) is 5.66. The summed E-state index contributed by atoms with van der Waals surface area (Å²) in [6.07, 6.45) is 0. The van der Waals surface area contributed by atoms with Crippen molar-refractivity contribution in [2.75, 3.05) is 17.2 Å².